The van der Waals surface area contributed by atoms with E-state index < -0.39 is 15.8 Å². The van der Waals surface area contributed by atoms with Gasteiger partial charge in [-0.2, -0.15) is 4.31 Å². The zero-order valence-corrected chi connectivity index (χ0v) is 13.8. The van der Waals surface area contributed by atoms with Crippen LogP contribution in [0.25, 0.3) is 0 Å². The Morgan fingerprint density at radius 2 is 1.75 bits per heavy atom. The summed E-state index contributed by atoms with van der Waals surface area (Å²) >= 11 is 0. The van der Waals surface area contributed by atoms with Crippen molar-refractivity contribution in [3.05, 3.63) is 54.1 Å². The molecule has 1 saturated heterocycles. The number of piperazine rings is 1. The van der Waals surface area contributed by atoms with Gasteiger partial charge in [0.1, 0.15) is 5.82 Å². The number of rotatable bonds is 4. The van der Waals surface area contributed by atoms with Crippen molar-refractivity contribution in [2.45, 2.75) is 11.3 Å². The van der Waals surface area contributed by atoms with Crippen LogP contribution in [0.15, 0.2) is 47.6 Å². The largest absolute Gasteiger partial charge is 0.367 e. The summed E-state index contributed by atoms with van der Waals surface area (Å²) in [5.74, 6) is -0.498. The minimum absolute atomic E-state index is 0.0200. The molecule has 1 aromatic heterocycles. The van der Waals surface area contributed by atoms with Gasteiger partial charge in [0.2, 0.25) is 15.9 Å². The van der Waals surface area contributed by atoms with Crippen LogP contribution in [0.1, 0.15) is 5.56 Å². The van der Waals surface area contributed by atoms with Crippen molar-refractivity contribution in [3.63, 3.8) is 0 Å². The van der Waals surface area contributed by atoms with Crippen molar-refractivity contribution in [3.8, 4) is 0 Å². The maximum atomic E-state index is 13.0. The third kappa shape index (κ3) is 3.49. The van der Waals surface area contributed by atoms with Crippen LogP contribution in [0.3, 0.4) is 0 Å². The highest BCUT2D eigenvalue weighted by Crippen LogP contribution is 2.18. The zero-order chi connectivity index (χ0) is 17.2. The van der Waals surface area contributed by atoms with Gasteiger partial charge in [-0.3, -0.25) is 4.79 Å². The molecule has 0 atom stereocenters. The number of nitrogens with one attached hydrogen (secondary N) is 1. The van der Waals surface area contributed by atoms with Crippen LogP contribution in [0.5, 0.6) is 0 Å². The molecule has 1 aromatic carbocycles. The molecule has 1 N–H and O–H groups in total. The maximum absolute atomic E-state index is 13.0. The Kier molecular flexibility index (Phi) is 4.68. The number of H-pyrrole nitrogens is 1. The van der Waals surface area contributed by atoms with Crippen LogP contribution >= 0.6 is 0 Å². The van der Waals surface area contributed by atoms with Crippen molar-refractivity contribution >= 4 is 15.9 Å². The van der Waals surface area contributed by atoms with Crippen molar-refractivity contribution in [2.75, 3.05) is 26.2 Å². The van der Waals surface area contributed by atoms with Gasteiger partial charge in [-0.25, -0.2) is 12.8 Å². The number of aromatic nitrogens is 1. The fourth-order valence-corrected chi connectivity index (χ4v) is 4.11. The topological polar surface area (TPSA) is 73.5 Å². The lowest BCUT2D eigenvalue weighted by Gasteiger charge is -2.34. The second kappa shape index (κ2) is 6.74. The molecule has 0 aliphatic carbocycles. The van der Waals surface area contributed by atoms with E-state index in [2.05, 4.69) is 4.98 Å². The van der Waals surface area contributed by atoms with Crippen molar-refractivity contribution in [1.29, 1.82) is 0 Å². The van der Waals surface area contributed by atoms with Gasteiger partial charge in [0, 0.05) is 38.6 Å². The molecule has 1 amide bonds. The first kappa shape index (κ1) is 16.7. The minimum atomic E-state index is -3.65. The Labute approximate surface area is 139 Å². The van der Waals surface area contributed by atoms with Gasteiger partial charge < -0.3 is 9.88 Å². The number of halogens is 1. The van der Waals surface area contributed by atoms with Crippen molar-refractivity contribution < 1.29 is 17.6 Å². The average molecular weight is 351 g/mol. The molecule has 0 spiro atoms. The predicted molar refractivity (Wildman–Crippen MR) is 86.2 cm³/mol. The zero-order valence-electron chi connectivity index (χ0n) is 13.0. The van der Waals surface area contributed by atoms with Crippen LogP contribution < -0.4 is 0 Å². The van der Waals surface area contributed by atoms with E-state index in [-0.39, 0.29) is 23.9 Å². The van der Waals surface area contributed by atoms with Crippen LogP contribution in [0.4, 0.5) is 4.39 Å². The SMILES string of the molecule is O=C(Cc1cc[nH]c1)N1CCN(S(=O)(=O)c2ccc(F)cc2)CC1. The number of aromatic amines is 1. The van der Waals surface area contributed by atoms with Crippen LogP contribution in [0, 0.1) is 5.82 Å². The van der Waals surface area contributed by atoms with E-state index in [4.69, 9.17) is 0 Å². The predicted octanol–water partition coefficient (Wildman–Crippen LogP) is 1.23. The lowest BCUT2D eigenvalue weighted by molar-refractivity contribution is -0.131. The second-order valence-corrected chi connectivity index (χ2v) is 7.57. The first-order chi connectivity index (χ1) is 11.5. The Balaban J connectivity index is 1.62. The van der Waals surface area contributed by atoms with E-state index in [9.17, 15) is 17.6 Å². The highest BCUT2D eigenvalue weighted by atomic mass is 32.2. The lowest BCUT2D eigenvalue weighted by Crippen LogP contribution is -2.50. The molecule has 2 heterocycles. The van der Waals surface area contributed by atoms with E-state index in [1.54, 1.807) is 17.3 Å². The van der Waals surface area contributed by atoms with Gasteiger partial charge in [-0.05, 0) is 35.9 Å². The first-order valence-corrected chi connectivity index (χ1v) is 9.06. The summed E-state index contributed by atoms with van der Waals surface area (Å²) in [7, 11) is -3.65. The molecule has 6 nitrogen and oxygen atoms in total. The van der Waals surface area contributed by atoms with Gasteiger partial charge in [0.05, 0.1) is 11.3 Å². The normalized spacial score (nSPS) is 16.3. The van der Waals surface area contributed by atoms with Gasteiger partial charge in [-0.15, -0.1) is 0 Å². The van der Waals surface area contributed by atoms with Gasteiger partial charge in [-0.1, -0.05) is 0 Å². The molecular weight excluding hydrogens is 333 g/mol. The Hall–Kier alpha value is -2.19. The summed E-state index contributed by atoms with van der Waals surface area (Å²) in [6, 6.07) is 6.61. The molecule has 3 rings (SSSR count). The van der Waals surface area contributed by atoms with Crippen molar-refractivity contribution in [2.24, 2.45) is 0 Å². The Bertz CT molecular complexity index is 796. The molecule has 2 aromatic rings. The Morgan fingerprint density at radius 1 is 1.08 bits per heavy atom. The molecule has 24 heavy (non-hydrogen) atoms. The number of amides is 1. The molecule has 0 saturated carbocycles. The fraction of sp³-hybridized carbons (Fsp3) is 0.312. The number of carbonyl (C=O) groups is 1. The third-order valence-electron chi connectivity index (χ3n) is 4.06. The van der Waals surface area contributed by atoms with Gasteiger partial charge >= 0.3 is 0 Å². The van der Waals surface area contributed by atoms with Gasteiger partial charge in [0.15, 0.2) is 0 Å². The molecule has 0 unspecified atom stereocenters. The number of carbonyl (C=O) groups excluding carboxylic acids is 1. The summed E-state index contributed by atoms with van der Waals surface area (Å²) < 4.78 is 39.3. The van der Waals surface area contributed by atoms with Crippen LogP contribution in [0.2, 0.25) is 0 Å². The highest BCUT2D eigenvalue weighted by Gasteiger charge is 2.30. The fourth-order valence-electron chi connectivity index (χ4n) is 2.69. The summed E-state index contributed by atoms with van der Waals surface area (Å²) in [5, 5.41) is 0. The number of hydrogen-bond acceptors (Lipinski definition) is 3. The number of benzene rings is 1. The highest BCUT2D eigenvalue weighted by molar-refractivity contribution is 7.89. The van der Waals surface area contributed by atoms with E-state index in [0.29, 0.717) is 19.5 Å². The van der Waals surface area contributed by atoms with Gasteiger partial charge in [0.25, 0.3) is 0 Å². The van der Waals surface area contributed by atoms with E-state index in [0.717, 1.165) is 17.7 Å². The quantitative estimate of drug-likeness (QED) is 0.900. The first-order valence-electron chi connectivity index (χ1n) is 7.62. The minimum Gasteiger partial charge on any atom is -0.367 e. The summed E-state index contributed by atoms with van der Waals surface area (Å²) in [4.78, 5) is 16.9. The van der Waals surface area contributed by atoms with E-state index in [1.165, 1.54) is 16.4 Å². The maximum Gasteiger partial charge on any atom is 0.243 e. The molecule has 1 fully saturated rings. The number of sulfonamides is 1. The summed E-state index contributed by atoms with van der Waals surface area (Å²) in [5.41, 5.74) is 0.904. The number of hydrogen-bond donors (Lipinski definition) is 1. The monoisotopic (exact) mass is 351 g/mol. The molecule has 8 heteroatoms. The van der Waals surface area contributed by atoms with Crippen molar-refractivity contribution in [1.82, 2.24) is 14.2 Å². The molecular formula is C16H18FN3O3S. The molecule has 1 aliphatic rings. The number of nitrogens with zero attached hydrogens (tertiary/aromatic N) is 2. The van der Waals surface area contributed by atoms with Crippen LogP contribution in [-0.2, 0) is 21.2 Å². The summed E-state index contributed by atoms with van der Waals surface area (Å²) in [6.45, 7) is 1.17. The summed E-state index contributed by atoms with van der Waals surface area (Å²) in [6.07, 6.45) is 3.83. The molecule has 0 bridgehead atoms. The lowest BCUT2D eigenvalue weighted by atomic mass is 10.2. The standard InChI is InChI=1S/C16H18FN3O3S/c17-14-1-3-15(4-2-14)24(22,23)20-9-7-19(8-10-20)16(21)11-13-5-6-18-12-13/h1-6,12,18H,7-11H2. The average Bonchev–Trinajstić information content (AvgIpc) is 3.08. The molecule has 0 radical (unpaired) electrons. The third-order valence-corrected chi connectivity index (χ3v) is 5.97. The smallest absolute Gasteiger partial charge is 0.243 e. The molecule has 128 valence electrons. The van der Waals surface area contributed by atoms with E-state index in [1.807, 2.05) is 6.07 Å². The Morgan fingerprint density at radius 3 is 2.33 bits per heavy atom. The van der Waals surface area contributed by atoms with E-state index >= 15 is 0 Å². The van der Waals surface area contributed by atoms with Crippen LogP contribution in [-0.4, -0.2) is 54.7 Å². The molecule has 1 aliphatic heterocycles. The second-order valence-electron chi connectivity index (χ2n) is 5.63.